The minimum Gasteiger partial charge on any atom is -0.330 e. The summed E-state index contributed by atoms with van der Waals surface area (Å²) in [7, 11) is 0. The van der Waals surface area contributed by atoms with Gasteiger partial charge >= 0.3 is 0 Å². The summed E-state index contributed by atoms with van der Waals surface area (Å²) >= 11 is 0. The first-order valence-electron chi connectivity index (χ1n) is 4.93. The Hall–Kier alpha value is -0.120. The number of nitrogens with two attached hydrogens (primary N) is 2. The van der Waals surface area contributed by atoms with E-state index in [-0.39, 0.29) is 0 Å². The number of unbranched alkanes of at least 4 members (excludes halogenated alkanes) is 1. The van der Waals surface area contributed by atoms with Crippen molar-refractivity contribution < 1.29 is 0 Å². The second-order valence-corrected chi connectivity index (χ2v) is 3.37. The van der Waals surface area contributed by atoms with Crippen molar-refractivity contribution in [3.8, 4) is 0 Å². The normalized spacial score (nSPS) is 13.2. The highest BCUT2D eigenvalue weighted by Crippen LogP contribution is 1.96. The van der Waals surface area contributed by atoms with Crippen LogP contribution in [0.15, 0.2) is 0 Å². The Labute approximate surface area is 75.9 Å². The van der Waals surface area contributed by atoms with E-state index in [1.54, 1.807) is 0 Å². The summed E-state index contributed by atoms with van der Waals surface area (Å²) in [4.78, 5) is 0. The molecule has 5 N–H and O–H groups in total. The first-order valence-corrected chi connectivity index (χ1v) is 4.93. The molecule has 3 nitrogen and oxygen atoms in total. The van der Waals surface area contributed by atoms with Crippen molar-refractivity contribution in [2.75, 3.05) is 19.6 Å². The van der Waals surface area contributed by atoms with Crippen LogP contribution in [0.1, 0.15) is 32.6 Å². The fourth-order valence-corrected chi connectivity index (χ4v) is 1.07. The third-order valence-electron chi connectivity index (χ3n) is 1.82. The Bertz CT molecular complexity index is 83.8. The number of rotatable bonds is 8. The molecule has 12 heavy (non-hydrogen) atoms. The first kappa shape index (κ1) is 11.9. The predicted molar refractivity (Wildman–Crippen MR) is 54.0 cm³/mol. The second-order valence-electron chi connectivity index (χ2n) is 3.37. The Morgan fingerprint density at radius 1 is 1.17 bits per heavy atom. The molecule has 0 spiro atoms. The van der Waals surface area contributed by atoms with E-state index in [1.807, 2.05) is 0 Å². The van der Waals surface area contributed by atoms with Gasteiger partial charge in [0.25, 0.3) is 0 Å². The van der Waals surface area contributed by atoms with Crippen LogP contribution >= 0.6 is 0 Å². The van der Waals surface area contributed by atoms with Crippen LogP contribution in [0.25, 0.3) is 0 Å². The monoisotopic (exact) mass is 173 g/mol. The largest absolute Gasteiger partial charge is 0.330 e. The molecule has 0 aliphatic carbocycles. The van der Waals surface area contributed by atoms with Gasteiger partial charge in [-0.1, -0.05) is 6.42 Å². The molecule has 0 fully saturated rings. The highest BCUT2D eigenvalue weighted by molar-refractivity contribution is 4.55. The quantitative estimate of drug-likeness (QED) is 0.467. The van der Waals surface area contributed by atoms with Crippen molar-refractivity contribution in [2.45, 2.75) is 38.6 Å². The third-order valence-corrected chi connectivity index (χ3v) is 1.82. The predicted octanol–water partition coefficient (Wildman–Crippen LogP) is 0.442. The van der Waals surface area contributed by atoms with Crippen LogP contribution in [0.5, 0.6) is 0 Å². The molecule has 1 atom stereocenters. The van der Waals surface area contributed by atoms with Crippen LogP contribution in [0, 0.1) is 0 Å². The molecule has 0 aliphatic heterocycles. The molecule has 0 saturated heterocycles. The minimum absolute atomic E-state index is 0.356. The second kappa shape index (κ2) is 8.97. The van der Waals surface area contributed by atoms with Crippen LogP contribution in [-0.2, 0) is 0 Å². The third kappa shape index (κ3) is 9.88. The van der Waals surface area contributed by atoms with Crippen LogP contribution in [0.4, 0.5) is 0 Å². The highest BCUT2D eigenvalue weighted by Gasteiger charge is 1.93. The van der Waals surface area contributed by atoms with Gasteiger partial charge in [-0.2, -0.15) is 0 Å². The van der Waals surface area contributed by atoms with E-state index < -0.39 is 0 Å². The fraction of sp³-hybridized carbons (Fsp3) is 1.00. The molecule has 0 rings (SSSR count). The van der Waals surface area contributed by atoms with Crippen LogP contribution in [-0.4, -0.2) is 25.7 Å². The highest BCUT2D eigenvalue weighted by atomic mass is 14.8. The topological polar surface area (TPSA) is 64.1 Å². The van der Waals surface area contributed by atoms with Crippen molar-refractivity contribution >= 4 is 0 Å². The van der Waals surface area contributed by atoms with Crippen LogP contribution < -0.4 is 16.8 Å². The summed E-state index contributed by atoms with van der Waals surface area (Å²) in [6.45, 7) is 5.00. The molecule has 0 unspecified atom stereocenters. The molecule has 3 heteroatoms. The maximum Gasteiger partial charge on any atom is 0.00104 e. The van der Waals surface area contributed by atoms with Crippen LogP contribution in [0.3, 0.4) is 0 Å². The molecule has 74 valence electrons. The Balaban J connectivity index is 2.82. The summed E-state index contributed by atoms with van der Waals surface area (Å²) in [5.74, 6) is 0. The minimum atomic E-state index is 0.356. The number of hydrogen-bond donors (Lipinski definition) is 3. The molecular formula is C9H23N3. The first-order chi connectivity index (χ1) is 5.77. The smallest absolute Gasteiger partial charge is 0.00104 e. The fourth-order valence-electron chi connectivity index (χ4n) is 1.07. The molecule has 0 radical (unpaired) electrons. The summed E-state index contributed by atoms with van der Waals surface area (Å²) < 4.78 is 0. The molecule has 0 bridgehead atoms. The lowest BCUT2D eigenvalue weighted by atomic mass is 10.1. The van der Waals surface area contributed by atoms with Crippen molar-refractivity contribution in [1.82, 2.24) is 5.32 Å². The standard InChI is InChI=1S/C9H23N3/c1-9(11)5-2-3-7-12-8-4-6-10/h9,12H,2-8,10-11H2,1H3/t9-/m1/s1. The maximum atomic E-state index is 5.62. The van der Waals surface area contributed by atoms with Gasteiger partial charge < -0.3 is 16.8 Å². The zero-order valence-corrected chi connectivity index (χ0v) is 8.18. The van der Waals surface area contributed by atoms with Gasteiger partial charge in [0.2, 0.25) is 0 Å². The van der Waals surface area contributed by atoms with Gasteiger partial charge in [0.05, 0.1) is 0 Å². The Morgan fingerprint density at radius 3 is 2.42 bits per heavy atom. The van der Waals surface area contributed by atoms with Gasteiger partial charge in [0, 0.05) is 6.04 Å². The molecule has 0 aromatic heterocycles. The van der Waals surface area contributed by atoms with E-state index >= 15 is 0 Å². The van der Waals surface area contributed by atoms with Gasteiger partial charge in [-0.3, -0.25) is 0 Å². The molecular weight excluding hydrogens is 150 g/mol. The van der Waals surface area contributed by atoms with E-state index in [1.165, 1.54) is 12.8 Å². The van der Waals surface area contributed by atoms with Crippen molar-refractivity contribution in [3.05, 3.63) is 0 Å². The average Bonchev–Trinajstić information content (AvgIpc) is 2.02. The van der Waals surface area contributed by atoms with Gasteiger partial charge in [-0.15, -0.1) is 0 Å². The SMILES string of the molecule is C[C@@H](N)CCCCNCCCN. The van der Waals surface area contributed by atoms with E-state index in [4.69, 9.17) is 11.5 Å². The lowest BCUT2D eigenvalue weighted by Gasteiger charge is -2.05. The van der Waals surface area contributed by atoms with Gasteiger partial charge in [0.1, 0.15) is 0 Å². The van der Waals surface area contributed by atoms with Gasteiger partial charge in [0.15, 0.2) is 0 Å². The molecule has 0 aliphatic rings. The molecule has 0 aromatic carbocycles. The van der Waals surface area contributed by atoms with Gasteiger partial charge in [-0.25, -0.2) is 0 Å². The Kier molecular flexibility index (Phi) is 8.88. The average molecular weight is 173 g/mol. The summed E-state index contributed by atoms with van der Waals surface area (Å²) in [6, 6.07) is 0.356. The van der Waals surface area contributed by atoms with Crippen molar-refractivity contribution in [2.24, 2.45) is 11.5 Å². The molecule has 0 aromatic rings. The lowest BCUT2D eigenvalue weighted by molar-refractivity contribution is 0.559. The molecule has 0 heterocycles. The molecule has 0 amide bonds. The summed E-state index contributed by atoms with van der Waals surface area (Å²) in [5, 5.41) is 3.34. The summed E-state index contributed by atoms with van der Waals surface area (Å²) in [6.07, 6.45) is 4.67. The van der Waals surface area contributed by atoms with Crippen LogP contribution in [0.2, 0.25) is 0 Å². The van der Waals surface area contributed by atoms with E-state index in [2.05, 4.69) is 12.2 Å². The number of nitrogens with one attached hydrogen (secondary N) is 1. The zero-order chi connectivity index (χ0) is 9.23. The lowest BCUT2D eigenvalue weighted by Crippen LogP contribution is -2.20. The van der Waals surface area contributed by atoms with E-state index in [9.17, 15) is 0 Å². The Morgan fingerprint density at radius 2 is 1.83 bits per heavy atom. The zero-order valence-electron chi connectivity index (χ0n) is 8.18. The van der Waals surface area contributed by atoms with E-state index in [0.29, 0.717) is 6.04 Å². The maximum absolute atomic E-state index is 5.62. The van der Waals surface area contributed by atoms with Crippen molar-refractivity contribution in [1.29, 1.82) is 0 Å². The molecule has 0 saturated carbocycles. The van der Waals surface area contributed by atoms with E-state index in [0.717, 1.165) is 32.5 Å². The van der Waals surface area contributed by atoms with Crippen molar-refractivity contribution in [3.63, 3.8) is 0 Å². The number of hydrogen-bond acceptors (Lipinski definition) is 3. The summed E-state index contributed by atoms with van der Waals surface area (Å²) in [5.41, 5.74) is 11.0. The van der Waals surface area contributed by atoms with Gasteiger partial charge in [-0.05, 0) is 45.8 Å².